The van der Waals surface area contributed by atoms with E-state index in [-0.39, 0.29) is 12.0 Å². The van der Waals surface area contributed by atoms with E-state index in [9.17, 15) is 13.2 Å². The molecule has 1 heterocycles. The lowest BCUT2D eigenvalue weighted by molar-refractivity contribution is 0.121. The molecule has 0 spiro atoms. The summed E-state index contributed by atoms with van der Waals surface area (Å²) in [6.45, 7) is 4.11. The number of carbonyl (C=O) groups excluding carboxylic acids is 1. The van der Waals surface area contributed by atoms with Crippen molar-refractivity contribution in [2.75, 3.05) is 19.0 Å². The zero-order chi connectivity index (χ0) is 13.8. The number of nitrogens with zero attached hydrogens (tertiary/aromatic N) is 1. The van der Waals surface area contributed by atoms with E-state index in [4.69, 9.17) is 16.3 Å². The van der Waals surface area contributed by atoms with Gasteiger partial charge in [-0.15, -0.1) is 11.6 Å². The zero-order valence-corrected chi connectivity index (χ0v) is 12.1. The standard InChI is InChI=1S/C10H19ClN2O4S/c1-8(2)17-10(14)12-18(15,16)13-6-4-9(7-13)3-5-11/h8-9H,3-7H2,1-2H3,(H,12,14). The van der Waals surface area contributed by atoms with E-state index in [2.05, 4.69) is 0 Å². The van der Waals surface area contributed by atoms with Crippen molar-refractivity contribution in [3.63, 3.8) is 0 Å². The number of rotatable bonds is 5. The Balaban J connectivity index is 2.52. The van der Waals surface area contributed by atoms with Crippen LogP contribution >= 0.6 is 11.6 Å². The number of amides is 1. The topological polar surface area (TPSA) is 75.7 Å². The molecule has 0 aromatic carbocycles. The van der Waals surface area contributed by atoms with Crippen LogP contribution < -0.4 is 4.72 Å². The Bertz CT molecular complexity index is 385. The number of carbonyl (C=O) groups is 1. The van der Waals surface area contributed by atoms with Crippen molar-refractivity contribution in [1.82, 2.24) is 9.03 Å². The summed E-state index contributed by atoms with van der Waals surface area (Å²) in [7, 11) is -3.79. The highest BCUT2D eigenvalue weighted by atomic mass is 35.5. The summed E-state index contributed by atoms with van der Waals surface area (Å²) in [5.74, 6) is 0.779. The van der Waals surface area contributed by atoms with Crippen molar-refractivity contribution in [3.05, 3.63) is 0 Å². The van der Waals surface area contributed by atoms with Gasteiger partial charge in [-0.1, -0.05) is 0 Å². The van der Waals surface area contributed by atoms with Crippen LogP contribution in [0.1, 0.15) is 26.7 Å². The number of hydrogen-bond acceptors (Lipinski definition) is 4. The lowest BCUT2D eigenvalue weighted by Gasteiger charge is -2.17. The third-order valence-corrected chi connectivity index (χ3v) is 4.32. The summed E-state index contributed by atoms with van der Waals surface area (Å²) in [6, 6.07) is 0. The first-order chi connectivity index (χ1) is 8.35. The summed E-state index contributed by atoms with van der Waals surface area (Å²) in [6.07, 6.45) is 0.255. The maximum atomic E-state index is 11.9. The van der Waals surface area contributed by atoms with Gasteiger partial charge < -0.3 is 4.74 Å². The van der Waals surface area contributed by atoms with Gasteiger partial charge in [-0.05, 0) is 32.6 Å². The molecule has 0 aliphatic carbocycles. The van der Waals surface area contributed by atoms with Crippen LogP contribution in [0.4, 0.5) is 4.79 Å². The highest BCUT2D eigenvalue weighted by molar-refractivity contribution is 7.87. The molecule has 18 heavy (non-hydrogen) atoms. The van der Waals surface area contributed by atoms with Gasteiger partial charge in [0.05, 0.1) is 6.10 Å². The largest absolute Gasteiger partial charge is 0.446 e. The Morgan fingerprint density at radius 1 is 1.56 bits per heavy atom. The predicted molar refractivity (Wildman–Crippen MR) is 68.7 cm³/mol. The van der Waals surface area contributed by atoms with Crippen molar-refractivity contribution in [1.29, 1.82) is 0 Å². The second-order valence-electron chi connectivity index (χ2n) is 4.55. The minimum Gasteiger partial charge on any atom is -0.446 e. The maximum absolute atomic E-state index is 11.9. The molecule has 1 aliphatic heterocycles. The van der Waals surface area contributed by atoms with E-state index in [1.54, 1.807) is 13.8 Å². The SMILES string of the molecule is CC(C)OC(=O)NS(=O)(=O)N1CCC(CCCl)C1. The highest BCUT2D eigenvalue weighted by Crippen LogP contribution is 2.21. The van der Waals surface area contributed by atoms with Crippen LogP contribution in [0.5, 0.6) is 0 Å². The maximum Gasteiger partial charge on any atom is 0.422 e. The molecule has 8 heteroatoms. The van der Waals surface area contributed by atoms with Crippen LogP contribution in [-0.4, -0.2) is 43.9 Å². The fourth-order valence-corrected chi connectivity index (χ4v) is 3.26. The minimum atomic E-state index is -3.79. The van der Waals surface area contributed by atoms with Gasteiger partial charge in [0, 0.05) is 19.0 Å². The van der Waals surface area contributed by atoms with Crippen molar-refractivity contribution < 1.29 is 17.9 Å². The Labute approximate surface area is 113 Å². The van der Waals surface area contributed by atoms with Gasteiger partial charge in [-0.2, -0.15) is 12.7 Å². The van der Waals surface area contributed by atoms with Gasteiger partial charge in [0.1, 0.15) is 0 Å². The Kier molecular flexibility index (Phi) is 5.68. The molecule has 0 aromatic rings. The second-order valence-corrected chi connectivity index (χ2v) is 6.60. The van der Waals surface area contributed by atoms with Crippen molar-refractivity contribution in [2.24, 2.45) is 5.92 Å². The molecule has 1 aliphatic rings. The number of ether oxygens (including phenoxy) is 1. The fraction of sp³-hybridized carbons (Fsp3) is 0.900. The lowest BCUT2D eigenvalue weighted by Crippen LogP contribution is -2.43. The molecule has 1 atom stereocenters. The van der Waals surface area contributed by atoms with Crippen molar-refractivity contribution >= 4 is 27.9 Å². The highest BCUT2D eigenvalue weighted by Gasteiger charge is 2.32. The van der Waals surface area contributed by atoms with Crippen LogP contribution in [-0.2, 0) is 14.9 Å². The molecule has 1 saturated heterocycles. The van der Waals surface area contributed by atoms with Crippen LogP contribution in [0.2, 0.25) is 0 Å². The number of nitrogens with one attached hydrogen (secondary N) is 1. The third kappa shape index (κ3) is 4.62. The first-order valence-electron chi connectivity index (χ1n) is 5.89. The van der Waals surface area contributed by atoms with Crippen LogP contribution in [0.25, 0.3) is 0 Å². The first-order valence-corrected chi connectivity index (χ1v) is 7.87. The Hall–Kier alpha value is -0.530. The Morgan fingerprint density at radius 2 is 2.22 bits per heavy atom. The number of alkyl halides is 1. The van der Waals surface area contributed by atoms with Crippen molar-refractivity contribution in [2.45, 2.75) is 32.8 Å². The van der Waals surface area contributed by atoms with Gasteiger partial charge in [-0.25, -0.2) is 9.52 Å². The second kappa shape index (κ2) is 6.58. The molecule has 0 bridgehead atoms. The summed E-state index contributed by atoms with van der Waals surface area (Å²) in [5, 5.41) is 0. The van der Waals surface area contributed by atoms with Gasteiger partial charge in [0.25, 0.3) is 0 Å². The van der Waals surface area contributed by atoms with E-state index < -0.39 is 16.3 Å². The molecule has 106 valence electrons. The molecule has 6 nitrogen and oxygen atoms in total. The molecular weight excluding hydrogens is 280 g/mol. The molecule has 1 fully saturated rings. The van der Waals surface area contributed by atoms with Gasteiger partial charge in [0.2, 0.25) is 0 Å². The van der Waals surface area contributed by atoms with E-state index in [1.165, 1.54) is 4.31 Å². The quantitative estimate of drug-likeness (QED) is 0.777. The van der Waals surface area contributed by atoms with Gasteiger partial charge in [0.15, 0.2) is 0 Å². The average Bonchev–Trinajstić information content (AvgIpc) is 2.65. The molecule has 1 rings (SSSR count). The van der Waals surface area contributed by atoms with E-state index in [0.717, 1.165) is 12.8 Å². The smallest absolute Gasteiger partial charge is 0.422 e. The third-order valence-electron chi connectivity index (χ3n) is 2.66. The molecule has 1 unspecified atom stereocenters. The average molecular weight is 299 g/mol. The lowest BCUT2D eigenvalue weighted by atomic mass is 10.1. The predicted octanol–water partition coefficient (Wildman–Crippen LogP) is 1.32. The Morgan fingerprint density at radius 3 is 2.78 bits per heavy atom. The molecule has 1 amide bonds. The first kappa shape index (κ1) is 15.5. The summed E-state index contributed by atoms with van der Waals surface area (Å²) < 4.78 is 31.6. The van der Waals surface area contributed by atoms with E-state index in [0.29, 0.717) is 19.0 Å². The van der Waals surface area contributed by atoms with Gasteiger partial charge >= 0.3 is 16.3 Å². The van der Waals surface area contributed by atoms with E-state index in [1.807, 2.05) is 4.72 Å². The number of hydrogen-bond donors (Lipinski definition) is 1. The minimum absolute atomic E-state index is 0.264. The zero-order valence-electron chi connectivity index (χ0n) is 10.6. The molecule has 0 aromatic heterocycles. The molecule has 1 N–H and O–H groups in total. The van der Waals surface area contributed by atoms with Crippen LogP contribution in [0, 0.1) is 5.92 Å². The van der Waals surface area contributed by atoms with Crippen molar-refractivity contribution in [3.8, 4) is 0 Å². The van der Waals surface area contributed by atoms with Crippen LogP contribution in [0.3, 0.4) is 0 Å². The normalized spacial score (nSPS) is 21.2. The molecule has 0 saturated carbocycles. The number of halogens is 1. The monoisotopic (exact) mass is 298 g/mol. The molecule has 0 radical (unpaired) electrons. The van der Waals surface area contributed by atoms with Gasteiger partial charge in [-0.3, -0.25) is 0 Å². The molecular formula is C10H19ClN2O4S. The van der Waals surface area contributed by atoms with Crippen LogP contribution in [0.15, 0.2) is 0 Å². The summed E-state index contributed by atoms with van der Waals surface area (Å²) in [5.41, 5.74) is 0. The summed E-state index contributed by atoms with van der Waals surface area (Å²) in [4.78, 5) is 11.3. The fourth-order valence-electron chi connectivity index (χ4n) is 1.81. The van der Waals surface area contributed by atoms with E-state index >= 15 is 0 Å². The summed E-state index contributed by atoms with van der Waals surface area (Å²) >= 11 is 5.63.